The van der Waals surface area contributed by atoms with Crippen molar-refractivity contribution in [3.05, 3.63) is 47.7 Å². The number of aryl methyl sites for hydroxylation is 1. The van der Waals surface area contributed by atoms with Crippen molar-refractivity contribution < 1.29 is 8.42 Å². The molecule has 0 aliphatic carbocycles. The molecule has 0 saturated carbocycles. The van der Waals surface area contributed by atoms with Gasteiger partial charge in [-0.25, -0.2) is 8.42 Å². The lowest BCUT2D eigenvalue weighted by atomic mass is 10.2. The molecule has 19 heavy (non-hydrogen) atoms. The highest BCUT2D eigenvalue weighted by molar-refractivity contribution is 7.91. The predicted molar refractivity (Wildman–Crippen MR) is 70.6 cm³/mol. The van der Waals surface area contributed by atoms with E-state index in [9.17, 15) is 8.42 Å². The summed E-state index contributed by atoms with van der Waals surface area (Å²) in [7, 11) is -1.80. The van der Waals surface area contributed by atoms with Crippen LogP contribution in [-0.4, -0.2) is 18.2 Å². The minimum Gasteiger partial charge on any atom is -0.274 e. The molecule has 1 aromatic heterocycles. The molecule has 1 aromatic carbocycles. The molecule has 0 amide bonds. The zero-order valence-corrected chi connectivity index (χ0v) is 11.1. The molecule has 0 atom stereocenters. The van der Waals surface area contributed by atoms with Crippen LogP contribution in [0.3, 0.4) is 0 Å². The average Bonchev–Trinajstić information content (AvgIpc) is 2.74. The smallest absolute Gasteiger partial charge is 0.238 e. The maximum Gasteiger partial charge on any atom is 0.238 e. The Bertz CT molecular complexity index is 711. The van der Waals surface area contributed by atoms with E-state index in [0.29, 0.717) is 11.1 Å². The first-order valence-electron chi connectivity index (χ1n) is 5.48. The quantitative estimate of drug-likeness (QED) is 0.909. The summed E-state index contributed by atoms with van der Waals surface area (Å²) in [4.78, 5) is 0. The van der Waals surface area contributed by atoms with Crippen molar-refractivity contribution in [1.29, 1.82) is 5.26 Å². The van der Waals surface area contributed by atoms with Gasteiger partial charge in [0.05, 0.1) is 17.4 Å². The maximum absolute atomic E-state index is 11.9. The van der Waals surface area contributed by atoms with Gasteiger partial charge in [0, 0.05) is 19.3 Å². The first-order valence-corrected chi connectivity index (χ1v) is 7.13. The van der Waals surface area contributed by atoms with Gasteiger partial charge >= 0.3 is 0 Å². The molecule has 0 saturated heterocycles. The van der Waals surface area contributed by atoms with Gasteiger partial charge in [-0.2, -0.15) is 10.4 Å². The Balaban J connectivity index is 2.10. The van der Waals surface area contributed by atoms with Crippen LogP contribution in [0, 0.1) is 11.3 Å². The number of nitrogens with one attached hydrogen (secondary N) is 1. The molecule has 0 radical (unpaired) electrons. The van der Waals surface area contributed by atoms with Crippen LogP contribution in [0.15, 0.2) is 36.5 Å². The molecule has 0 aliphatic rings. The molecule has 7 heteroatoms. The average molecular weight is 276 g/mol. The van der Waals surface area contributed by atoms with Crippen LogP contribution < -0.4 is 4.72 Å². The van der Waals surface area contributed by atoms with Crippen LogP contribution >= 0.6 is 0 Å². The summed E-state index contributed by atoms with van der Waals surface area (Å²) < 4.78 is 27.7. The molecule has 0 bridgehead atoms. The Morgan fingerprint density at radius 2 is 2.00 bits per heavy atom. The molecule has 0 spiro atoms. The third-order valence-corrected chi connectivity index (χ3v) is 3.65. The van der Waals surface area contributed by atoms with Crippen molar-refractivity contribution in [2.45, 2.75) is 5.75 Å². The highest BCUT2D eigenvalue weighted by Crippen LogP contribution is 2.11. The molecular formula is C12H12N4O2S. The molecule has 2 rings (SSSR count). The number of nitriles is 1. The minimum absolute atomic E-state index is 0.157. The van der Waals surface area contributed by atoms with Crippen LogP contribution in [0.2, 0.25) is 0 Å². The number of aromatic nitrogens is 2. The van der Waals surface area contributed by atoms with E-state index in [1.165, 1.54) is 4.68 Å². The predicted octanol–water partition coefficient (Wildman–Crippen LogP) is 1.23. The minimum atomic E-state index is -3.50. The summed E-state index contributed by atoms with van der Waals surface area (Å²) in [5.41, 5.74) is 1.11. The van der Waals surface area contributed by atoms with Crippen LogP contribution in [0.1, 0.15) is 11.1 Å². The molecule has 0 aliphatic heterocycles. The molecule has 6 nitrogen and oxygen atoms in total. The summed E-state index contributed by atoms with van der Waals surface area (Å²) in [5, 5.41) is 12.6. The van der Waals surface area contributed by atoms with Crippen LogP contribution in [0.25, 0.3) is 0 Å². The zero-order chi connectivity index (χ0) is 13.9. The van der Waals surface area contributed by atoms with Gasteiger partial charge in [0.1, 0.15) is 0 Å². The Morgan fingerprint density at radius 3 is 2.53 bits per heavy atom. The number of nitrogens with zero attached hydrogens (tertiary/aromatic N) is 3. The van der Waals surface area contributed by atoms with E-state index in [4.69, 9.17) is 5.26 Å². The van der Waals surface area contributed by atoms with Crippen molar-refractivity contribution in [3.63, 3.8) is 0 Å². The second-order valence-electron chi connectivity index (χ2n) is 4.04. The highest BCUT2D eigenvalue weighted by atomic mass is 32.2. The van der Waals surface area contributed by atoms with Gasteiger partial charge in [0.25, 0.3) is 0 Å². The second-order valence-corrected chi connectivity index (χ2v) is 5.77. The molecule has 1 heterocycles. The molecule has 2 aromatic rings. The molecule has 0 fully saturated rings. The number of sulfonamides is 1. The largest absolute Gasteiger partial charge is 0.274 e. The molecule has 0 unspecified atom stereocenters. The Labute approximate surface area is 111 Å². The molecular weight excluding hydrogens is 264 g/mol. The van der Waals surface area contributed by atoms with Crippen molar-refractivity contribution in [1.82, 2.24) is 9.78 Å². The van der Waals surface area contributed by atoms with Gasteiger partial charge in [-0.05, 0) is 17.7 Å². The van der Waals surface area contributed by atoms with E-state index in [-0.39, 0.29) is 11.6 Å². The second kappa shape index (κ2) is 5.12. The number of anilines is 1. The van der Waals surface area contributed by atoms with E-state index in [1.54, 1.807) is 43.6 Å². The fourth-order valence-electron chi connectivity index (χ4n) is 1.56. The topological polar surface area (TPSA) is 87.8 Å². The van der Waals surface area contributed by atoms with Crippen molar-refractivity contribution in [3.8, 4) is 6.07 Å². The van der Waals surface area contributed by atoms with E-state index in [1.807, 2.05) is 6.07 Å². The standard InChI is InChI=1S/C12H12N4O2S/c1-16-7-6-12(14-16)15-19(17,18)9-11-4-2-10(8-13)3-5-11/h2-7H,9H2,1H3,(H,14,15). The summed E-state index contributed by atoms with van der Waals surface area (Å²) in [6.45, 7) is 0. The normalized spacial score (nSPS) is 10.9. The highest BCUT2D eigenvalue weighted by Gasteiger charge is 2.13. The van der Waals surface area contributed by atoms with Crippen molar-refractivity contribution in [2.75, 3.05) is 4.72 Å². The van der Waals surface area contributed by atoms with E-state index in [2.05, 4.69) is 9.82 Å². The number of hydrogen-bond acceptors (Lipinski definition) is 4. The first-order chi connectivity index (χ1) is 8.98. The van der Waals surface area contributed by atoms with Gasteiger partial charge < -0.3 is 0 Å². The first kappa shape index (κ1) is 13.1. The maximum atomic E-state index is 11.9. The Morgan fingerprint density at radius 1 is 1.32 bits per heavy atom. The van der Waals surface area contributed by atoms with E-state index in [0.717, 1.165) is 0 Å². The fourth-order valence-corrected chi connectivity index (χ4v) is 2.69. The van der Waals surface area contributed by atoms with Gasteiger partial charge in [-0.1, -0.05) is 12.1 Å². The van der Waals surface area contributed by atoms with Gasteiger partial charge in [0.2, 0.25) is 10.0 Å². The van der Waals surface area contributed by atoms with Crippen LogP contribution in [0.5, 0.6) is 0 Å². The van der Waals surface area contributed by atoms with Crippen LogP contribution in [-0.2, 0) is 22.8 Å². The number of rotatable bonds is 4. The van der Waals surface area contributed by atoms with Crippen LogP contribution in [0.4, 0.5) is 5.82 Å². The van der Waals surface area contributed by atoms with E-state index < -0.39 is 10.0 Å². The fraction of sp³-hybridized carbons (Fsp3) is 0.167. The van der Waals surface area contributed by atoms with Gasteiger partial charge in [-0.3, -0.25) is 9.40 Å². The van der Waals surface area contributed by atoms with Gasteiger partial charge in [0.15, 0.2) is 5.82 Å². The summed E-state index contributed by atoms with van der Waals surface area (Å²) in [6, 6.07) is 9.98. The van der Waals surface area contributed by atoms with Crippen molar-refractivity contribution >= 4 is 15.8 Å². The summed E-state index contributed by atoms with van der Waals surface area (Å²) in [6.07, 6.45) is 1.65. The van der Waals surface area contributed by atoms with E-state index >= 15 is 0 Å². The third-order valence-electron chi connectivity index (χ3n) is 2.41. The lowest BCUT2D eigenvalue weighted by Crippen LogP contribution is -2.15. The lowest BCUT2D eigenvalue weighted by molar-refractivity contribution is 0.600. The Hall–Kier alpha value is -2.33. The number of hydrogen-bond donors (Lipinski definition) is 1. The lowest BCUT2D eigenvalue weighted by Gasteiger charge is -2.05. The summed E-state index contributed by atoms with van der Waals surface area (Å²) in [5.74, 6) is 0.131. The van der Waals surface area contributed by atoms with Crippen molar-refractivity contribution in [2.24, 2.45) is 7.05 Å². The van der Waals surface area contributed by atoms with Gasteiger partial charge in [-0.15, -0.1) is 0 Å². The summed E-state index contributed by atoms with van der Waals surface area (Å²) >= 11 is 0. The zero-order valence-electron chi connectivity index (χ0n) is 10.2. The Kier molecular flexibility index (Phi) is 3.53. The monoisotopic (exact) mass is 276 g/mol. The number of benzene rings is 1. The molecule has 1 N–H and O–H groups in total. The third kappa shape index (κ3) is 3.56. The SMILES string of the molecule is Cn1ccc(NS(=O)(=O)Cc2ccc(C#N)cc2)n1. The molecule has 98 valence electrons.